The molecule has 2 aromatic carbocycles. The van der Waals surface area contributed by atoms with E-state index in [-0.39, 0.29) is 12.5 Å². The van der Waals surface area contributed by atoms with Crippen molar-refractivity contribution in [1.82, 2.24) is 10.2 Å². The van der Waals surface area contributed by atoms with E-state index < -0.39 is 0 Å². The van der Waals surface area contributed by atoms with Gasteiger partial charge in [-0.05, 0) is 42.3 Å². The summed E-state index contributed by atoms with van der Waals surface area (Å²) in [7, 11) is 0. The third-order valence-electron chi connectivity index (χ3n) is 3.50. The van der Waals surface area contributed by atoms with Crippen LogP contribution in [0.1, 0.15) is 12.5 Å². The maximum absolute atomic E-state index is 12.0. The number of carbonyl (C=O) groups is 1. The van der Waals surface area contributed by atoms with Crippen molar-refractivity contribution in [1.29, 1.82) is 0 Å². The first-order valence-electron chi connectivity index (χ1n) is 7.63. The number of anilines is 1. The van der Waals surface area contributed by atoms with Gasteiger partial charge in [0.2, 0.25) is 12.3 Å². The highest BCUT2D eigenvalue weighted by Gasteiger charge is 2.07. The molecule has 0 fully saturated rings. The lowest BCUT2D eigenvalue weighted by molar-refractivity contribution is -0.118. The van der Waals surface area contributed by atoms with E-state index in [1.807, 2.05) is 31.2 Å². The average Bonchev–Trinajstić information content (AvgIpc) is 3.15. The molecule has 6 nitrogen and oxygen atoms in total. The van der Waals surface area contributed by atoms with Crippen LogP contribution in [0.4, 0.5) is 5.69 Å². The average molecular weight is 323 g/mol. The highest BCUT2D eigenvalue weighted by Crippen LogP contribution is 2.20. The lowest BCUT2D eigenvalue weighted by Crippen LogP contribution is -2.20. The zero-order valence-electron chi connectivity index (χ0n) is 13.2. The van der Waals surface area contributed by atoms with Crippen LogP contribution in [-0.4, -0.2) is 22.7 Å². The summed E-state index contributed by atoms with van der Waals surface area (Å²) >= 11 is 0. The van der Waals surface area contributed by atoms with Crippen molar-refractivity contribution in [2.75, 3.05) is 11.9 Å². The number of para-hydroxylation sites is 1. The molecule has 1 heterocycles. The van der Waals surface area contributed by atoms with Crippen molar-refractivity contribution < 1.29 is 13.9 Å². The van der Waals surface area contributed by atoms with Crippen LogP contribution in [0, 0.1) is 0 Å². The standard InChI is InChI=1S/C18H17N3O3/c1-2-13-5-3-4-6-16(13)20-17(22)11-23-15-9-7-14(8-10-15)18-21-19-12-24-18/h3-10,12H,2,11H2,1H3,(H,20,22). The number of hydrogen-bond acceptors (Lipinski definition) is 5. The summed E-state index contributed by atoms with van der Waals surface area (Å²) in [5.41, 5.74) is 2.70. The Morgan fingerprint density at radius 1 is 1.17 bits per heavy atom. The molecule has 0 saturated carbocycles. The molecule has 0 atom stereocenters. The zero-order chi connectivity index (χ0) is 16.8. The summed E-state index contributed by atoms with van der Waals surface area (Å²) in [5, 5.41) is 10.3. The Kier molecular flexibility index (Phi) is 4.86. The van der Waals surface area contributed by atoms with E-state index in [0.717, 1.165) is 23.2 Å². The number of amides is 1. The quantitative estimate of drug-likeness (QED) is 0.753. The van der Waals surface area contributed by atoms with Crippen LogP contribution in [0.25, 0.3) is 11.5 Å². The van der Waals surface area contributed by atoms with Crippen LogP contribution >= 0.6 is 0 Å². The molecule has 1 aromatic heterocycles. The van der Waals surface area contributed by atoms with E-state index in [1.165, 1.54) is 6.39 Å². The minimum absolute atomic E-state index is 0.0576. The predicted octanol–water partition coefficient (Wildman–Crippen LogP) is 3.32. The Labute approximate surface area is 139 Å². The fourth-order valence-electron chi connectivity index (χ4n) is 2.28. The molecule has 0 unspecified atom stereocenters. The first-order chi connectivity index (χ1) is 11.8. The van der Waals surface area contributed by atoms with Crippen molar-refractivity contribution in [3.05, 3.63) is 60.5 Å². The number of aryl methyl sites for hydroxylation is 1. The molecular formula is C18H17N3O3. The second-order valence-corrected chi connectivity index (χ2v) is 5.12. The van der Waals surface area contributed by atoms with Gasteiger partial charge in [0.1, 0.15) is 5.75 Å². The number of carbonyl (C=O) groups excluding carboxylic acids is 1. The van der Waals surface area contributed by atoms with Crippen LogP contribution in [0.15, 0.2) is 59.3 Å². The molecule has 3 rings (SSSR count). The summed E-state index contributed by atoms with van der Waals surface area (Å²) in [4.78, 5) is 12.0. The number of rotatable bonds is 6. The highest BCUT2D eigenvalue weighted by molar-refractivity contribution is 5.92. The van der Waals surface area contributed by atoms with Crippen LogP contribution in [-0.2, 0) is 11.2 Å². The van der Waals surface area contributed by atoms with E-state index in [1.54, 1.807) is 24.3 Å². The molecule has 3 aromatic rings. The number of aromatic nitrogens is 2. The van der Waals surface area contributed by atoms with E-state index in [4.69, 9.17) is 9.15 Å². The van der Waals surface area contributed by atoms with Gasteiger partial charge in [-0.15, -0.1) is 10.2 Å². The van der Waals surface area contributed by atoms with E-state index in [2.05, 4.69) is 15.5 Å². The minimum atomic E-state index is -0.197. The Morgan fingerprint density at radius 2 is 1.96 bits per heavy atom. The Bertz CT molecular complexity index is 799. The maximum Gasteiger partial charge on any atom is 0.262 e. The van der Waals surface area contributed by atoms with Gasteiger partial charge in [-0.3, -0.25) is 4.79 Å². The molecule has 0 aliphatic heterocycles. The fourth-order valence-corrected chi connectivity index (χ4v) is 2.28. The van der Waals surface area contributed by atoms with E-state index in [9.17, 15) is 4.79 Å². The molecule has 1 N–H and O–H groups in total. The Hall–Kier alpha value is -3.15. The summed E-state index contributed by atoms with van der Waals surface area (Å²) in [6.07, 6.45) is 2.13. The van der Waals surface area contributed by atoms with E-state index in [0.29, 0.717) is 11.6 Å². The van der Waals surface area contributed by atoms with Gasteiger partial charge in [0.15, 0.2) is 6.61 Å². The Morgan fingerprint density at radius 3 is 2.67 bits per heavy atom. The third kappa shape index (κ3) is 3.78. The first kappa shape index (κ1) is 15.7. The van der Waals surface area contributed by atoms with Crippen molar-refractivity contribution >= 4 is 11.6 Å². The largest absolute Gasteiger partial charge is 0.484 e. The smallest absolute Gasteiger partial charge is 0.262 e. The molecule has 6 heteroatoms. The summed E-state index contributed by atoms with van der Waals surface area (Å²) in [6.45, 7) is 1.99. The molecule has 122 valence electrons. The number of ether oxygens (including phenoxy) is 1. The van der Waals surface area contributed by atoms with Crippen molar-refractivity contribution in [3.8, 4) is 17.2 Å². The van der Waals surface area contributed by atoms with Gasteiger partial charge >= 0.3 is 0 Å². The Balaban J connectivity index is 1.56. The van der Waals surface area contributed by atoms with Crippen LogP contribution in [0.5, 0.6) is 5.75 Å². The second kappa shape index (κ2) is 7.41. The lowest BCUT2D eigenvalue weighted by atomic mass is 10.1. The summed E-state index contributed by atoms with van der Waals surface area (Å²) in [5.74, 6) is 0.838. The van der Waals surface area contributed by atoms with Crippen molar-refractivity contribution in [3.63, 3.8) is 0 Å². The first-order valence-corrected chi connectivity index (χ1v) is 7.63. The van der Waals surface area contributed by atoms with Crippen molar-refractivity contribution in [2.24, 2.45) is 0 Å². The van der Waals surface area contributed by atoms with Crippen LogP contribution in [0.2, 0.25) is 0 Å². The van der Waals surface area contributed by atoms with Gasteiger partial charge in [-0.25, -0.2) is 0 Å². The molecule has 0 aliphatic carbocycles. The summed E-state index contributed by atoms with van der Waals surface area (Å²) < 4.78 is 10.6. The number of hydrogen-bond donors (Lipinski definition) is 1. The minimum Gasteiger partial charge on any atom is -0.484 e. The molecule has 0 spiro atoms. The summed E-state index contributed by atoms with van der Waals surface area (Å²) in [6, 6.07) is 14.8. The molecule has 0 radical (unpaired) electrons. The van der Waals surface area contributed by atoms with Gasteiger partial charge in [0, 0.05) is 11.3 Å². The second-order valence-electron chi connectivity index (χ2n) is 5.12. The molecule has 24 heavy (non-hydrogen) atoms. The lowest BCUT2D eigenvalue weighted by Gasteiger charge is -2.10. The normalized spacial score (nSPS) is 10.4. The SMILES string of the molecule is CCc1ccccc1NC(=O)COc1ccc(-c2nnco2)cc1. The fraction of sp³-hybridized carbons (Fsp3) is 0.167. The maximum atomic E-state index is 12.0. The molecule has 0 saturated heterocycles. The van der Waals surface area contributed by atoms with Gasteiger partial charge in [-0.1, -0.05) is 25.1 Å². The van der Waals surface area contributed by atoms with Crippen LogP contribution < -0.4 is 10.1 Å². The number of nitrogens with one attached hydrogen (secondary N) is 1. The number of benzene rings is 2. The van der Waals surface area contributed by atoms with E-state index >= 15 is 0 Å². The van der Waals surface area contributed by atoms with Gasteiger partial charge < -0.3 is 14.5 Å². The van der Waals surface area contributed by atoms with Gasteiger partial charge in [0.25, 0.3) is 5.91 Å². The highest BCUT2D eigenvalue weighted by atomic mass is 16.5. The molecular weight excluding hydrogens is 306 g/mol. The third-order valence-corrected chi connectivity index (χ3v) is 3.50. The zero-order valence-corrected chi connectivity index (χ0v) is 13.2. The van der Waals surface area contributed by atoms with Crippen molar-refractivity contribution in [2.45, 2.75) is 13.3 Å². The molecule has 0 aliphatic rings. The topological polar surface area (TPSA) is 77.2 Å². The van der Waals surface area contributed by atoms with Gasteiger partial charge in [-0.2, -0.15) is 0 Å². The molecule has 1 amide bonds. The number of nitrogens with zero attached hydrogens (tertiary/aromatic N) is 2. The molecule has 0 bridgehead atoms. The van der Waals surface area contributed by atoms with Crippen LogP contribution in [0.3, 0.4) is 0 Å². The van der Waals surface area contributed by atoms with Gasteiger partial charge in [0.05, 0.1) is 0 Å². The predicted molar refractivity (Wildman–Crippen MR) is 89.7 cm³/mol. The monoisotopic (exact) mass is 323 g/mol.